The van der Waals surface area contributed by atoms with Crippen molar-refractivity contribution in [2.45, 2.75) is 6.92 Å². The van der Waals surface area contributed by atoms with Gasteiger partial charge in [-0.2, -0.15) is 0 Å². The van der Waals surface area contributed by atoms with Gasteiger partial charge in [0.25, 0.3) is 0 Å². The van der Waals surface area contributed by atoms with Crippen LogP contribution in [0.25, 0.3) is 0 Å². The van der Waals surface area contributed by atoms with Crippen molar-refractivity contribution in [3.8, 4) is 0 Å². The lowest BCUT2D eigenvalue weighted by Gasteiger charge is -2.00. The number of aromatic nitrogens is 1. The Kier molecular flexibility index (Phi) is 2.59. The summed E-state index contributed by atoms with van der Waals surface area (Å²) in [5.41, 5.74) is 2.04. The first-order chi connectivity index (χ1) is 7.27. The highest BCUT2D eigenvalue weighted by Gasteiger charge is 2.08. The zero-order valence-electron chi connectivity index (χ0n) is 8.47. The maximum Gasteiger partial charge on any atom is 0.211 e. The smallest absolute Gasteiger partial charge is 0.211 e. The molecule has 2 heteroatoms. The minimum absolute atomic E-state index is 0.0284. The molecule has 0 radical (unpaired) electrons. The number of carbonyl (C=O) groups excluding carboxylic acids is 1. The summed E-state index contributed by atoms with van der Waals surface area (Å²) in [6, 6.07) is 14.6. The molecule has 0 fully saturated rings. The number of aryl methyl sites for hydroxylation is 1. The van der Waals surface area contributed by atoms with Crippen LogP contribution in [0.15, 0.2) is 48.5 Å². The van der Waals surface area contributed by atoms with Gasteiger partial charge in [-0.15, -0.1) is 0 Å². The molecule has 2 nitrogen and oxygen atoms in total. The van der Waals surface area contributed by atoms with Crippen LogP contribution < -0.4 is 0 Å². The summed E-state index contributed by atoms with van der Waals surface area (Å²) < 4.78 is 0. The lowest BCUT2D eigenvalue weighted by Crippen LogP contribution is -2.04. The molecule has 0 atom stereocenters. The van der Waals surface area contributed by atoms with Crippen molar-refractivity contribution in [1.82, 2.24) is 4.98 Å². The molecule has 0 amide bonds. The van der Waals surface area contributed by atoms with E-state index in [-0.39, 0.29) is 5.78 Å². The van der Waals surface area contributed by atoms with Crippen LogP contribution in [0.3, 0.4) is 0 Å². The minimum Gasteiger partial charge on any atom is -0.287 e. The number of rotatable bonds is 2. The highest BCUT2D eigenvalue weighted by Crippen LogP contribution is 2.07. The number of pyridine rings is 1. The van der Waals surface area contributed by atoms with Gasteiger partial charge in [-0.05, 0) is 19.1 Å². The van der Waals surface area contributed by atoms with Crippen molar-refractivity contribution in [1.29, 1.82) is 0 Å². The molecule has 0 saturated carbocycles. The zero-order valence-corrected chi connectivity index (χ0v) is 8.47. The van der Waals surface area contributed by atoms with Crippen LogP contribution >= 0.6 is 0 Å². The number of hydrogen-bond acceptors (Lipinski definition) is 2. The van der Waals surface area contributed by atoms with Crippen molar-refractivity contribution in [2.75, 3.05) is 0 Å². The first-order valence-electron chi connectivity index (χ1n) is 4.81. The molecule has 0 N–H and O–H groups in total. The highest BCUT2D eigenvalue weighted by molar-refractivity contribution is 6.07. The molecule has 0 unspecified atom stereocenters. The second-order valence-corrected chi connectivity index (χ2v) is 3.36. The molecule has 2 rings (SSSR count). The molecule has 0 spiro atoms. The van der Waals surface area contributed by atoms with Gasteiger partial charge >= 0.3 is 0 Å². The van der Waals surface area contributed by atoms with Crippen LogP contribution in [0.1, 0.15) is 21.7 Å². The van der Waals surface area contributed by atoms with Gasteiger partial charge in [-0.1, -0.05) is 36.4 Å². The van der Waals surface area contributed by atoms with Crippen molar-refractivity contribution >= 4 is 5.78 Å². The first kappa shape index (κ1) is 9.59. The lowest BCUT2D eigenvalue weighted by molar-refractivity contribution is 0.103. The molecule has 0 saturated heterocycles. The molecule has 1 heterocycles. The average Bonchev–Trinajstić information content (AvgIpc) is 2.29. The largest absolute Gasteiger partial charge is 0.287 e. The molecule has 1 aromatic carbocycles. The Morgan fingerprint density at radius 3 is 2.40 bits per heavy atom. The first-order valence-corrected chi connectivity index (χ1v) is 4.81. The third kappa shape index (κ3) is 2.10. The van der Waals surface area contributed by atoms with Crippen LogP contribution in [-0.4, -0.2) is 10.8 Å². The number of carbonyl (C=O) groups is 1. The standard InChI is InChI=1S/C13H11NO/c1-10-6-5-9-12(14-10)13(15)11-7-3-2-4-8-11/h2-9H,1H3. The maximum atomic E-state index is 11.9. The fourth-order valence-electron chi connectivity index (χ4n) is 1.41. The van der Waals surface area contributed by atoms with E-state index in [1.54, 1.807) is 18.2 Å². The van der Waals surface area contributed by atoms with Gasteiger partial charge in [0.2, 0.25) is 5.78 Å². The maximum absolute atomic E-state index is 11.9. The molecular formula is C13H11NO. The Hall–Kier alpha value is -1.96. The Bertz CT molecular complexity index is 477. The van der Waals surface area contributed by atoms with E-state index in [2.05, 4.69) is 4.98 Å². The molecule has 0 aliphatic heterocycles. The average molecular weight is 197 g/mol. The second-order valence-electron chi connectivity index (χ2n) is 3.36. The number of nitrogens with zero attached hydrogens (tertiary/aromatic N) is 1. The monoisotopic (exact) mass is 197 g/mol. The van der Waals surface area contributed by atoms with Gasteiger partial charge in [0, 0.05) is 11.3 Å². The number of ketones is 1. The summed E-state index contributed by atoms with van der Waals surface area (Å²) in [5.74, 6) is -0.0284. The molecule has 74 valence electrons. The second kappa shape index (κ2) is 4.05. The molecule has 0 aliphatic carbocycles. The summed E-state index contributed by atoms with van der Waals surface area (Å²) in [6.07, 6.45) is 0. The zero-order chi connectivity index (χ0) is 10.7. The fourth-order valence-corrected chi connectivity index (χ4v) is 1.41. The predicted octanol–water partition coefficient (Wildman–Crippen LogP) is 2.62. The van der Waals surface area contributed by atoms with E-state index < -0.39 is 0 Å². The summed E-state index contributed by atoms with van der Waals surface area (Å²) >= 11 is 0. The van der Waals surface area contributed by atoms with E-state index in [0.717, 1.165) is 5.69 Å². The summed E-state index contributed by atoms with van der Waals surface area (Å²) in [6.45, 7) is 1.88. The molecule has 0 bridgehead atoms. The predicted molar refractivity (Wildman–Crippen MR) is 58.8 cm³/mol. The van der Waals surface area contributed by atoms with E-state index in [1.807, 2.05) is 37.3 Å². The van der Waals surface area contributed by atoms with E-state index in [1.165, 1.54) is 0 Å². The minimum atomic E-state index is -0.0284. The van der Waals surface area contributed by atoms with Gasteiger partial charge in [0.05, 0.1) is 0 Å². The summed E-state index contributed by atoms with van der Waals surface area (Å²) in [4.78, 5) is 16.1. The fraction of sp³-hybridized carbons (Fsp3) is 0.0769. The summed E-state index contributed by atoms with van der Waals surface area (Å²) in [7, 11) is 0. The normalized spacial score (nSPS) is 9.93. The topological polar surface area (TPSA) is 30.0 Å². The van der Waals surface area contributed by atoms with Crippen LogP contribution in [0.4, 0.5) is 0 Å². The lowest BCUT2D eigenvalue weighted by atomic mass is 10.1. The Balaban J connectivity index is 2.37. The van der Waals surface area contributed by atoms with Gasteiger partial charge < -0.3 is 0 Å². The van der Waals surface area contributed by atoms with E-state index >= 15 is 0 Å². The highest BCUT2D eigenvalue weighted by atomic mass is 16.1. The Morgan fingerprint density at radius 1 is 1.00 bits per heavy atom. The van der Waals surface area contributed by atoms with Crippen LogP contribution in [0, 0.1) is 6.92 Å². The molecule has 1 aromatic heterocycles. The van der Waals surface area contributed by atoms with Gasteiger partial charge in [-0.3, -0.25) is 4.79 Å². The summed E-state index contributed by atoms with van der Waals surface area (Å²) in [5, 5.41) is 0. The van der Waals surface area contributed by atoms with Crippen molar-refractivity contribution < 1.29 is 4.79 Å². The quantitative estimate of drug-likeness (QED) is 0.693. The third-order valence-corrected chi connectivity index (χ3v) is 2.16. The molecule has 0 aliphatic rings. The molecule has 2 aromatic rings. The van der Waals surface area contributed by atoms with E-state index in [0.29, 0.717) is 11.3 Å². The van der Waals surface area contributed by atoms with Gasteiger partial charge in [0.1, 0.15) is 5.69 Å². The van der Waals surface area contributed by atoms with Crippen LogP contribution in [0.2, 0.25) is 0 Å². The number of benzene rings is 1. The van der Waals surface area contributed by atoms with Crippen molar-refractivity contribution in [2.24, 2.45) is 0 Å². The Morgan fingerprint density at radius 2 is 1.73 bits per heavy atom. The van der Waals surface area contributed by atoms with Crippen LogP contribution in [-0.2, 0) is 0 Å². The Labute approximate surface area is 88.6 Å². The van der Waals surface area contributed by atoms with Gasteiger partial charge in [-0.25, -0.2) is 4.98 Å². The molecule has 15 heavy (non-hydrogen) atoms. The third-order valence-electron chi connectivity index (χ3n) is 2.16. The SMILES string of the molecule is Cc1cccc(C(=O)c2ccccc2)n1. The van der Waals surface area contributed by atoms with Crippen LogP contribution in [0.5, 0.6) is 0 Å². The van der Waals surface area contributed by atoms with E-state index in [4.69, 9.17) is 0 Å². The van der Waals surface area contributed by atoms with Crippen molar-refractivity contribution in [3.05, 3.63) is 65.5 Å². The van der Waals surface area contributed by atoms with E-state index in [9.17, 15) is 4.79 Å². The van der Waals surface area contributed by atoms with Crippen molar-refractivity contribution in [3.63, 3.8) is 0 Å². The number of hydrogen-bond donors (Lipinski definition) is 0. The van der Waals surface area contributed by atoms with Gasteiger partial charge in [0.15, 0.2) is 0 Å². The molecular weight excluding hydrogens is 186 g/mol.